The average molecular weight is 296 g/mol. The molecule has 2 amide bonds. The first-order chi connectivity index (χ1) is 9.78. The van der Waals surface area contributed by atoms with Crippen LogP contribution in [0.25, 0.3) is 0 Å². The first-order valence-electron chi connectivity index (χ1n) is 6.82. The Labute approximate surface area is 122 Å². The van der Waals surface area contributed by atoms with Gasteiger partial charge in [-0.15, -0.1) is 0 Å². The summed E-state index contributed by atoms with van der Waals surface area (Å²) in [6, 6.07) is 7.31. The van der Waals surface area contributed by atoms with E-state index in [4.69, 9.17) is 0 Å². The highest BCUT2D eigenvalue weighted by atomic mass is 19.3. The molecule has 0 saturated carbocycles. The lowest BCUT2D eigenvalue weighted by Crippen LogP contribution is -2.66. The van der Waals surface area contributed by atoms with Crippen LogP contribution in [0.1, 0.15) is 25.8 Å². The minimum Gasteiger partial charge on any atom is -0.340 e. The molecule has 21 heavy (non-hydrogen) atoms. The van der Waals surface area contributed by atoms with E-state index in [2.05, 4.69) is 5.32 Å². The molecule has 1 aromatic carbocycles. The van der Waals surface area contributed by atoms with Crippen LogP contribution in [0.3, 0.4) is 0 Å². The fourth-order valence-electron chi connectivity index (χ4n) is 2.38. The number of alkyl halides is 2. The Bertz CT molecular complexity index is 548. The van der Waals surface area contributed by atoms with Crippen molar-refractivity contribution in [2.24, 2.45) is 0 Å². The van der Waals surface area contributed by atoms with Gasteiger partial charge in [-0.1, -0.05) is 37.3 Å². The lowest BCUT2D eigenvalue weighted by molar-refractivity contribution is -0.154. The molecule has 1 aliphatic heterocycles. The minimum absolute atomic E-state index is 0.165. The molecule has 1 aliphatic rings. The second-order valence-corrected chi connectivity index (χ2v) is 5.47. The number of carbonyl (C=O) groups is 2. The molecule has 0 bridgehead atoms. The Kier molecular flexibility index (Phi) is 3.98. The van der Waals surface area contributed by atoms with Gasteiger partial charge in [0.15, 0.2) is 0 Å². The minimum atomic E-state index is -3.19. The van der Waals surface area contributed by atoms with Crippen LogP contribution in [0.2, 0.25) is 0 Å². The van der Waals surface area contributed by atoms with Crippen LogP contribution in [0.5, 0.6) is 0 Å². The zero-order valence-electron chi connectivity index (χ0n) is 12.0. The number of nitrogens with zero attached hydrogens (tertiary/aromatic N) is 1. The van der Waals surface area contributed by atoms with Crippen LogP contribution in [0.15, 0.2) is 30.3 Å². The lowest BCUT2D eigenvalue weighted by atomic mass is 9.94. The fraction of sp³-hybridized carbons (Fsp3) is 0.467. The summed E-state index contributed by atoms with van der Waals surface area (Å²) in [7, 11) is 0. The fourth-order valence-corrected chi connectivity index (χ4v) is 2.38. The summed E-state index contributed by atoms with van der Waals surface area (Å²) in [5.41, 5.74) is -1.27. The van der Waals surface area contributed by atoms with Crippen molar-refractivity contribution in [3.63, 3.8) is 0 Å². The molecule has 0 radical (unpaired) electrons. The molecule has 0 spiro atoms. The van der Waals surface area contributed by atoms with E-state index in [9.17, 15) is 18.4 Å². The first-order valence-corrected chi connectivity index (χ1v) is 6.82. The molecule has 114 valence electrons. The van der Waals surface area contributed by atoms with Crippen LogP contribution in [0.4, 0.5) is 8.78 Å². The third-order valence-electron chi connectivity index (χ3n) is 3.80. The van der Waals surface area contributed by atoms with Gasteiger partial charge in [0.25, 0.3) is 5.92 Å². The molecule has 1 fully saturated rings. The maximum atomic E-state index is 14.3. The van der Waals surface area contributed by atoms with Gasteiger partial charge in [0.2, 0.25) is 11.8 Å². The number of carbonyl (C=O) groups excluding carboxylic acids is 2. The number of rotatable bonds is 4. The second-order valence-electron chi connectivity index (χ2n) is 5.47. The summed E-state index contributed by atoms with van der Waals surface area (Å²) in [4.78, 5) is 24.9. The predicted octanol–water partition coefficient (Wildman–Crippen LogP) is 1.91. The number of piperazine rings is 1. The van der Waals surface area contributed by atoms with Crippen molar-refractivity contribution in [2.75, 3.05) is 13.1 Å². The van der Waals surface area contributed by atoms with E-state index in [0.29, 0.717) is 6.42 Å². The number of hydrogen-bond donors (Lipinski definition) is 1. The average Bonchev–Trinajstić information content (AvgIpc) is 2.45. The third-order valence-corrected chi connectivity index (χ3v) is 3.80. The SMILES string of the molecule is CCC1(C)NC(=O)CN(CC(F)(F)c2ccccc2)C1=O. The molecule has 0 aliphatic carbocycles. The summed E-state index contributed by atoms with van der Waals surface area (Å²) in [6.45, 7) is 2.16. The molecule has 1 atom stereocenters. The highest BCUT2D eigenvalue weighted by Crippen LogP contribution is 2.30. The van der Waals surface area contributed by atoms with E-state index in [-0.39, 0.29) is 12.1 Å². The summed E-state index contributed by atoms with van der Waals surface area (Å²) < 4.78 is 28.5. The van der Waals surface area contributed by atoms with E-state index in [1.54, 1.807) is 19.9 Å². The van der Waals surface area contributed by atoms with Crippen molar-refractivity contribution in [1.82, 2.24) is 10.2 Å². The maximum absolute atomic E-state index is 14.3. The molecule has 1 aromatic rings. The number of hydrogen-bond acceptors (Lipinski definition) is 2. The van der Waals surface area contributed by atoms with Gasteiger partial charge < -0.3 is 10.2 Å². The molecular weight excluding hydrogens is 278 g/mol. The van der Waals surface area contributed by atoms with E-state index in [1.807, 2.05) is 0 Å². The molecule has 1 unspecified atom stereocenters. The number of benzene rings is 1. The number of amides is 2. The van der Waals surface area contributed by atoms with Crippen molar-refractivity contribution in [3.8, 4) is 0 Å². The van der Waals surface area contributed by atoms with Crippen LogP contribution < -0.4 is 5.32 Å². The monoisotopic (exact) mass is 296 g/mol. The number of halogens is 2. The third kappa shape index (κ3) is 3.04. The largest absolute Gasteiger partial charge is 0.340 e. The van der Waals surface area contributed by atoms with E-state index in [0.717, 1.165) is 4.90 Å². The van der Waals surface area contributed by atoms with Gasteiger partial charge in [0.05, 0.1) is 13.1 Å². The topological polar surface area (TPSA) is 49.4 Å². The summed E-state index contributed by atoms with van der Waals surface area (Å²) in [5.74, 6) is -4.08. The van der Waals surface area contributed by atoms with Crippen molar-refractivity contribution in [2.45, 2.75) is 31.7 Å². The van der Waals surface area contributed by atoms with E-state index < -0.39 is 29.8 Å². The number of nitrogens with one attached hydrogen (secondary N) is 1. The van der Waals surface area contributed by atoms with Crippen molar-refractivity contribution in [1.29, 1.82) is 0 Å². The van der Waals surface area contributed by atoms with E-state index >= 15 is 0 Å². The van der Waals surface area contributed by atoms with Gasteiger partial charge in [0, 0.05) is 5.56 Å². The van der Waals surface area contributed by atoms with Gasteiger partial charge in [-0.3, -0.25) is 9.59 Å². The molecule has 6 heteroatoms. The first kappa shape index (κ1) is 15.4. The maximum Gasteiger partial charge on any atom is 0.290 e. The summed E-state index contributed by atoms with van der Waals surface area (Å²) in [5, 5.41) is 2.57. The molecular formula is C15H18F2N2O2. The Morgan fingerprint density at radius 2 is 1.90 bits per heavy atom. The lowest BCUT2D eigenvalue weighted by Gasteiger charge is -2.40. The zero-order valence-corrected chi connectivity index (χ0v) is 12.0. The van der Waals surface area contributed by atoms with Crippen LogP contribution in [-0.4, -0.2) is 35.3 Å². The Morgan fingerprint density at radius 1 is 1.29 bits per heavy atom. The molecule has 1 heterocycles. The Hall–Kier alpha value is -1.98. The van der Waals surface area contributed by atoms with E-state index in [1.165, 1.54) is 24.3 Å². The van der Waals surface area contributed by atoms with Gasteiger partial charge in [-0.25, -0.2) is 0 Å². The molecule has 0 aromatic heterocycles. The molecule has 2 rings (SSSR count). The smallest absolute Gasteiger partial charge is 0.290 e. The normalized spacial score (nSPS) is 23.1. The molecule has 1 saturated heterocycles. The van der Waals surface area contributed by atoms with Gasteiger partial charge in [-0.2, -0.15) is 8.78 Å². The van der Waals surface area contributed by atoms with Gasteiger partial charge in [0.1, 0.15) is 5.54 Å². The van der Waals surface area contributed by atoms with Crippen LogP contribution in [-0.2, 0) is 15.5 Å². The van der Waals surface area contributed by atoms with Crippen LogP contribution in [0, 0.1) is 0 Å². The quantitative estimate of drug-likeness (QED) is 0.922. The second kappa shape index (κ2) is 5.42. The van der Waals surface area contributed by atoms with Gasteiger partial charge in [-0.05, 0) is 13.3 Å². The standard InChI is InChI=1S/C15H18F2N2O2/c1-3-14(2)13(21)19(9-12(20)18-14)10-15(16,17)11-7-5-4-6-8-11/h4-8H,3,9-10H2,1-2H3,(H,18,20). The van der Waals surface area contributed by atoms with Crippen LogP contribution >= 0.6 is 0 Å². The zero-order chi connectivity index (χ0) is 15.7. The predicted molar refractivity (Wildman–Crippen MR) is 73.8 cm³/mol. The molecule has 4 nitrogen and oxygen atoms in total. The van der Waals surface area contributed by atoms with Gasteiger partial charge >= 0.3 is 0 Å². The highest BCUT2D eigenvalue weighted by molar-refractivity contribution is 5.97. The van der Waals surface area contributed by atoms with Crippen molar-refractivity contribution >= 4 is 11.8 Å². The summed E-state index contributed by atoms with van der Waals surface area (Å²) >= 11 is 0. The summed E-state index contributed by atoms with van der Waals surface area (Å²) in [6.07, 6.45) is 0.352. The molecule has 1 N–H and O–H groups in total. The van der Waals surface area contributed by atoms with Crippen molar-refractivity contribution in [3.05, 3.63) is 35.9 Å². The van der Waals surface area contributed by atoms with Crippen molar-refractivity contribution < 1.29 is 18.4 Å². The Balaban J connectivity index is 2.22. The highest BCUT2D eigenvalue weighted by Gasteiger charge is 2.45. The Morgan fingerprint density at radius 3 is 2.48 bits per heavy atom.